The first-order valence-corrected chi connectivity index (χ1v) is 7.87. The van der Waals surface area contributed by atoms with Gasteiger partial charge in [-0.05, 0) is 74.1 Å². The van der Waals surface area contributed by atoms with E-state index in [1.165, 1.54) is 36.0 Å². The van der Waals surface area contributed by atoms with E-state index in [4.69, 9.17) is 0 Å². The van der Waals surface area contributed by atoms with Gasteiger partial charge in [-0.25, -0.2) is 0 Å². The van der Waals surface area contributed by atoms with Crippen molar-refractivity contribution in [3.05, 3.63) is 58.9 Å². The summed E-state index contributed by atoms with van der Waals surface area (Å²) in [5.74, 6) is 0. The van der Waals surface area contributed by atoms with Gasteiger partial charge in [0.1, 0.15) is 0 Å². The summed E-state index contributed by atoms with van der Waals surface area (Å²) in [4.78, 5) is 4.33. The highest BCUT2D eigenvalue weighted by Crippen LogP contribution is 2.30. The van der Waals surface area contributed by atoms with Gasteiger partial charge < -0.3 is 10.6 Å². The molecule has 0 aromatic carbocycles. The van der Waals surface area contributed by atoms with Crippen molar-refractivity contribution in [3.63, 3.8) is 0 Å². The smallest absolute Gasteiger partial charge is 0.0882 e. The molecule has 0 saturated heterocycles. The van der Waals surface area contributed by atoms with Crippen molar-refractivity contribution in [1.82, 2.24) is 10.6 Å². The highest BCUT2D eigenvalue weighted by Gasteiger charge is 2.11. The minimum atomic E-state index is 0.634. The van der Waals surface area contributed by atoms with Gasteiger partial charge in [0, 0.05) is 19.5 Å². The fourth-order valence-corrected chi connectivity index (χ4v) is 2.54. The Morgan fingerprint density at radius 2 is 2.14 bits per heavy atom. The van der Waals surface area contributed by atoms with Crippen LogP contribution in [0.3, 0.4) is 0 Å². The van der Waals surface area contributed by atoms with Crippen LogP contribution in [0.1, 0.15) is 33.1 Å². The molecule has 2 N–H and O–H groups in total. The molecule has 0 bridgehead atoms. The Kier molecular flexibility index (Phi) is 8.23. The molecular weight excluding hydrogens is 270 g/mol. The Hall–Kier alpha value is -1.87. The van der Waals surface area contributed by atoms with Crippen LogP contribution < -0.4 is 10.6 Å². The standard InChI is InChI=1S/C19H29N3/c1-6-17(13-20-4)19(11-15(2)12-22-14-21-5)16(3)18-9-7-8-10-18/h6,9,11-13,20-21H,1,7-8,10,14H2,2-5H3/b15-11+,17-13+,19-16-,22-12?. The maximum atomic E-state index is 4.33. The molecule has 22 heavy (non-hydrogen) atoms. The van der Waals surface area contributed by atoms with Gasteiger partial charge in [0.05, 0.1) is 6.67 Å². The lowest BCUT2D eigenvalue weighted by atomic mass is 9.94. The van der Waals surface area contributed by atoms with Crippen molar-refractivity contribution in [3.8, 4) is 0 Å². The zero-order valence-corrected chi connectivity index (χ0v) is 14.4. The second-order valence-electron chi connectivity index (χ2n) is 5.46. The van der Waals surface area contributed by atoms with Crippen LogP contribution in [0.4, 0.5) is 0 Å². The molecular formula is C19H29N3. The summed E-state index contributed by atoms with van der Waals surface area (Å²) in [6.07, 6.45) is 14.0. The lowest BCUT2D eigenvalue weighted by Crippen LogP contribution is -2.05. The molecule has 0 aliphatic heterocycles. The van der Waals surface area contributed by atoms with E-state index < -0.39 is 0 Å². The average Bonchev–Trinajstić information content (AvgIpc) is 3.04. The van der Waals surface area contributed by atoms with E-state index in [-0.39, 0.29) is 0 Å². The third-order valence-corrected chi connectivity index (χ3v) is 3.67. The molecule has 0 amide bonds. The van der Waals surface area contributed by atoms with E-state index in [0.717, 1.165) is 11.1 Å². The lowest BCUT2D eigenvalue weighted by molar-refractivity contribution is 0.837. The number of allylic oxidation sites excluding steroid dienone is 8. The second kappa shape index (κ2) is 9.96. The SMILES string of the molecule is C=CC(=C\NC)/C(/C=C(\C)C=NCNC)=C(/C)C1=CCCC1. The number of aliphatic imine (C=N–C) groups is 1. The summed E-state index contributed by atoms with van der Waals surface area (Å²) in [7, 11) is 3.81. The van der Waals surface area contributed by atoms with Gasteiger partial charge in [0.2, 0.25) is 0 Å². The monoisotopic (exact) mass is 299 g/mol. The summed E-state index contributed by atoms with van der Waals surface area (Å²) in [5.41, 5.74) is 6.24. The maximum absolute atomic E-state index is 4.33. The number of rotatable bonds is 8. The lowest BCUT2D eigenvalue weighted by Gasteiger charge is -2.12. The van der Waals surface area contributed by atoms with Gasteiger partial charge in [0.25, 0.3) is 0 Å². The Morgan fingerprint density at radius 3 is 2.68 bits per heavy atom. The van der Waals surface area contributed by atoms with Crippen LogP contribution in [0.25, 0.3) is 0 Å². The number of hydrogen-bond acceptors (Lipinski definition) is 3. The normalized spacial score (nSPS) is 17.5. The summed E-state index contributed by atoms with van der Waals surface area (Å²) in [5, 5.41) is 6.12. The van der Waals surface area contributed by atoms with Gasteiger partial charge in [-0.2, -0.15) is 0 Å². The van der Waals surface area contributed by atoms with Crippen molar-refractivity contribution < 1.29 is 0 Å². The molecule has 0 saturated carbocycles. The molecule has 0 aromatic heterocycles. The Labute approximate surface area is 135 Å². The predicted molar refractivity (Wildman–Crippen MR) is 98.1 cm³/mol. The van der Waals surface area contributed by atoms with Crippen molar-refractivity contribution in [2.75, 3.05) is 20.8 Å². The Balaban J connectivity index is 3.22. The van der Waals surface area contributed by atoms with Gasteiger partial charge in [-0.1, -0.05) is 18.7 Å². The summed E-state index contributed by atoms with van der Waals surface area (Å²) < 4.78 is 0. The third-order valence-electron chi connectivity index (χ3n) is 3.67. The maximum Gasteiger partial charge on any atom is 0.0882 e. The zero-order chi connectivity index (χ0) is 16.4. The van der Waals surface area contributed by atoms with Gasteiger partial charge >= 0.3 is 0 Å². The molecule has 3 nitrogen and oxygen atoms in total. The van der Waals surface area contributed by atoms with Crippen LogP contribution in [0, 0.1) is 0 Å². The molecule has 3 heteroatoms. The quantitative estimate of drug-likeness (QED) is 0.527. The number of nitrogens with one attached hydrogen (secondary N) is 2. The minimum Gasteiger partial charge on any atom is -0.393 e. The molecule has 1 rings (SSSR count). The molecule has 0 fully saturated rings. The van der Waals surface area contributed by atoms with E-state index >= 15 is 0 Å². The van der Waals surface area contributed by atoms with Crippen LogP contribution in [0.2, 0.25) is 0 Å². The molecule has 0 spiro atoms. The van der Waals surface area contributed by atoms with Crippen LogP contribution >= 0.6 is 0 Å². The summed E-state index contributed by atoms with van der Waals surface area (Å²) in [6, 6.07) is 0. The van der Waals surface area contributed by atoms with Gasteiger partial charge in [0.15, 0.2) is 0 Å². The number of hydrogen-bond donors (Lipinski definition) is 2. The first-order chi connectivity index (χ1) is 10.6. The molecule has 1 aliphatic rings. The third kappa shape index (κ3) is 5.49. The highest BCUT2D eigenvalue weighted by atomic mass is 15.0. The highest BCUT2D eigenvalue weighted by molar-refractivity contribution is 5.79. The topological polar surface area (TPSA) is 36.4 Å². The first kappa shape index (κ1) is 18.2. The molecule has 0 unspecified atom stereocenters. The van der Waals surface area contributed by atoms with E-state index in [9.17, 15) is 0 Å². The first-order valence-electron chi connectivity index (χ1n) is 7.87. The van der Waals surface area contributed by atoms with E-state index in [2.05, 4.69) is 48.2 Å². The van der Waals surface area contributed by atoms with Crippen molar-refractivity contribution in [2.45, 2.75) is 33.1 Å². The van der Waals surface area contributed by atoms with Crippen LogP contribution in [0.5, 0.6) is 0 Å². The molecule has 0 radical (unpaired) electrons. The fraction of sp³-hybridized carbons (Fsp3) is 0.421. The van der Waals surface area contributed by atoms with Crippen molar-refractivity contribution in [1.29, 1.82) is 0 Å². The van der Waals surface area contributed by atoms with Gasteiger partial charge in [-0.3, -0.25) is 4.99 Å². The molecule has 0 aromatic rings. The second-order valence-corrected chi connectivity index (χ2v) is 5.46. The zero-order valence-electron chi connectivity index (χ0n) is 14.4. The molecule has 120 valence electrons. The van der Waals surface area contributed by atoms with Crippen molar-refractivity contribution >= 4 is 6.21 Å². The van der Waals surface area contributed by atoms with E-state index in [1.807, 2.05) is 32.6 Å². The minimum absolute atomic E-state index is 0.634. The molecule has 0 atom stereocenters. The van der Waals surface area contributed by atoms with Crippen LogP contribution in [-0.2, 0) is 0 Å². The Morgan fingerprint density at radius 1 is 1.36 bits per heavy atom. The molecule has 0 heterocycles. The largest absolute Gasteiger partial charge is 0.393 e. The number of nitrogens with zero attached hydrogens (tertiary/aromatic N) is 1. The Bertz CT molecular complexity index is 531. The van der Waals surface area contributed by atoms with Crippen LogP contribution in [-0.4, -0.2) is 27.0 Å². The van der Waals surface area contributed by atoms with E-state index in [1.54, 1.807) is 0 Å². The van der Waals surface area contributed by atoms with Gasteiger partial charge in [-0.15, -0.1) is 0 Å². The predicted octanol–water partition coefficient (Wildman–Crippen LogP) is 3.90. The fourth-order valence-electron chi connectivity index (χ4n) is 2.54. The van der Waals surface area contributed by atoms with Crippen molar-refractivity contribution in [2.24, 2.45) is 4.99 Å². The van der Waals surface area contributed by atoms with E-state index in [0.29, 0.717) is 6.67 Å². The molecule has 1 aliphatic carbocycles. The summed E-state index contributed by atoms with van der Waals surface area (Å²) in [6.45, 7) is 8.87. The average molecular weight is 299 g/mol. The van der Waals surface area contributed by atoms with Crippen LogP contribution in [0.15, 0.2) is 63.9 Å². The summed E-state index contributed by atoms with van der Waals surface area (Å²) >= 11 is 0.